The maximum Gasteiger partial charge on any atom is 0.279 e. The van der Waals surface area contributed by atoms with Crippen LogP contribution in [-0.4, -0.2) is 19.0 Å². The first kappa shape index (κ1) is 18.7. The van der Waals surface area contributed by atoms with Crippen LogP contribution in [0.5, 0.6) is 0 Å². The molecular formula is C21H22ClN2OS2+. The van der Waals surface area contributed by atoms with Gasteiger partial charge in [-0.3, -0.25) is 4.79 Å². The lowest BCUT2D eigenvalue weighted by atomic mass is 9.98. The summed E-state index contributed by atoms with van der Waals surface area (Å²) < 4.78 is 0. The van der Waals surface area contributed by atoms with Gasteiger partial charge in [-0.15, -0.1) is 22.7 Å². The molecule has 0 spiro atoms. The number of nitrogens with one attached hydrogen (secondary N) is 2. The van der Waals surface area contributed by atoms with Crippen molar-refractivity contribution in [2.75, 3.05) is 18.4 Å². The molecule has 27 heavy (non-hydrogen) atoms. The van der Waals surface area contributed by atoms with E-state index >= 15 is 0 Å². The highest BCUT2D eigenvalue weighted by atomic mass is 35.5. The van der Waals surface area contributed by atoms with Gasteiger partial charge in [0, 0.05) is 16.9 Å². The number of thiophene rings is 2. The van der Waals surface area contributed by atoms with Crippen molar-refractivity contribution in [1.82, 2.24) is 0 Å². The number of rotatable bonds is 4. The van der Waals surface area contributed by atoms with Crippen LogP contribution >= 0.6 is 34.3 Å². The second-order valence-corrected chi connectivity index (χ2v) is 9.46. The molecule has 1 aliphatic heterocycles. The predicted molar refractivity (Wildman–Crippen MR) is 114 cm³/mol. The molecule has 1 aliphatic rings. The number of amides is 1. The van der Waals surface area contributed by atoms with E-state index in [0.29, 0.717) is 11.6 Å². The number of anilines is 1. The minimum atomic E-state index is 0.0130. The summed E-state index contributed by atoms with van der Waals surface area (Å²) in [7, 11) is 0. The molecule has 2 atom stereocenters. The Hall–Kier alpha value is -1.66. The molecule has 0 saturated carbocycles. The Bertz CT molecular complexity index is 941. The second-order valence-electron chi connectivity index (χ2n) is 7.07. The quantitative estimate of drug-likeness (QED) is 0.653. The first-order valence-electron chi connectivity index (χ1n) is 9.04. The maximum absolute atomic E-state index is 12.9. The van der Waals surface area contributed by atoms with Crippen LogP contribution in [0.1, 0.15) is 32.5 Å². The number of quaternary nitrogens is 1. The van der Waals surface area contributed by atoms with Gasteiger partial charge in [-0.05, 0) is 53.9 Å². The number of aryl methyl sites for hydroxylation is 2. The van der Waals surface area contributed by atoms with E-state index in [2.05, 4.69) is 34.3 Å². The Labute approximate surface area is 172 Å². The van der Waals surface area contributed by atoms with Gasteiger partial charge in [-0.1, -0.05) is 23.7 Å². The zero-order chi connectivity index (χ0) is 19.0. The summed E-state index contributed by atoms with van der Waals surface area (Å²) >= 11 is 9.96. The van der Waals surface area contributed by atoms with Gasteiger partial charge in [-0.25, -0.2) is 0 Å². The highest BCUT2D eigenvalue weighted by molar-refractivity contribution is 7.10. The molecule has 0 bridgehead atoms. The fourth-order valence-electron chi connectivity index (χ4n) is 3.91. The molecule has 3 aromatic rings. The zero-order valence-electron chi connectivity index (χ0n) is 15.3. The summed E-state index contributed by atoms with van der Waals surface area (Å²) in [5.74, 6) is 0.0130. The lowest BCUT2D eigenvalue weighted by Gasteiger charge is -2.31. The van der Waals surface area contributed by atoms with Crippen LogP contribution in [0.3, 0.4) is 0 Å². The molecule has 0 aliphatic carbocycles. The van der Waals surface area contributed by atoms with E-state index in [1.165, 1.54) is 20.2 Å². The van der Waals surface area contributed by atoms with Gasteiger partial charge in [0.15, 0.2) is 6.54 Å². The van der Waals surface area contributed by atoms with E-state index in [1.807, 2.05) is 37.3 Å². The lowest BCUT2D eigenvalue weighted by Crippen LogP contribution is -3.14. The van der Waals surface area contributed by atoms with Crippen molar-refractivity contribution in [2.24, 2.45) is 0 Å². The molecule has 1 amide bonds. The third-order valence-corrected chi connectivity index (χ3v) is 7.32. The van der Waals surface area contributed by atoms with Crippen LogP contribution < -0.4 is 10.2 Å². The zero-order valence-corrected chi connectivity index (χ0v) is 17.7. The van der Waals surface area contributed by atoms with Crippen molar-refractivity contribution in [2.45, 2.75) is 26.3 Å². The molecular weight excluding hydrogens is 396 g/mol. The van der Waals surface area contributed by atoms with Crippen molar-refractivity contribution in [3.63, 3.8) is 0 Å². The van der Waals surface area contributed by atoms with E-state index in [4.69, 9.17) is 11.6 Å². The van der Waals surface area contributed by atoms with Crippen molar-refractivity contribution in [1.29, 1.82) is 0 Å². The predicted octanol–water partition coefficient (Wildman–Crippen LogP) is 4.25. The number of halogens is 1. The summed E-state index contributed by atoms with van der Waals surface area (Å²) in [5.41, 5.74) is 4.20. The fourth-order valence-corrected chi connectivity index (χ4v) is 6.10. The smallest absolute Gasteiger partial charge is 0.279 e. The number of fused-ring (bicyclic) bond motifs is 1. The van der Waals surface area contributed by atoms with Gasteiger partial charge in [0.25, 0.3) is 5.91 Å². The SMILES string of the molecule is Cc1cc(C)c(NC(=O)C[NH+]2CCc3sccc3[C@@H]2c2cccs2)c(Cl)c1. The highest BCUT2D eigenvalue weighted by Crippen LogP contribution is 2.32. The third kappa shape index (κ3) is 3.83. The molecule has 2 aromatic heterocycles. The van der Waals surface area contributed by atoms with E-state index in [0.717, 1.165) is 29.8 Å². The standard InChI is InChI=1S/C21H21ClN2OS2/c1-13-10-14(2)20(16(22)11-13)23-19(25)12-24-7-5-17-15(6-9-27-17)21(24)18-4-3-8-26-18/h3-4,6,8-11,21H,5,7,12H2,1-2H3,(H,23,25)/p+1/t21-/m1/s1. The number of carbonyl (C=O) groups is 1. The average molecular weight is 418 g/mol. The maximum atomic E-state index is 12.9. The summed E-state index contributed by atoms with van der Waals surface area (Å²) in [6.07, 6.45) is 1.03. The third-order valence-electron chi connectivity index (χ3n) is 5.08. The van der Waals surface area contributed by atoms with Crippen LogP contribution in [0.4, 0.5) is 5.69 Å². The van der Waals surface area contributed by atoms with Crippen molar-refractivity contribution < 1.29 is 9.69 Å². The van der Waals surface area contributed by atoms with E-state index in [9.17, 15) is 4.79 Å². The first-order chi connectivity index (χ1) is 13.0. The van der Waals surface area contributed by atoms with E-state index < -0.39 is 0 Å². The second kappa shape index (κ2) is 7.76. The van der Waals surface area contributed by atoms with Crippen LogP contribution in [-0.2, 0) is 11.2 Å². The van der Waals surface area contributed by atoms with E-state index in [-0.39, 0.29) is 11.9 Å². The molecule has 0 radical (unpaired) electrons. The summed E-state index contributed by atoms with van der Waals surface area (Å²) in [6.45, 7) is 5.38. The van der Waals surface area contributed by atoms with Crippen molar-refractivity contribution in [3.8, 4) is 0 Å². The minimum absolute atomic E-state index is 0.0130. The van der Waals surface area contributed by atoms with Gasteiger partial charge in [0.05, 0.1) is 22.1 Å². The Balaban J connectivity index is 1.56. The molecule has 3 nitrogen and oxygen atoms in total. The number of hydrogen-bond acceptors (Lipinski definition) is 3. The number of hydrogen-bond donors (Lipinski definition) is 2. The Morgan fingerprint density at radius 2 is 2.11 bits per heavy atom. The van der Waals surface area contributed by atoms with Crippen LogP contribution in [0, 0.1) is 13.8 Å². The Morgan fingerprint density at radius 3 is 2.85 bits per heavy atom. The molecule has 6 heteroatoms. The lowest BCUT2D eigenvalue weighted by molar-refractivity contribution is -0.919. The summed E-state index contributed by atoms with van der Waals surface area (Å²) in [6, 6.07) is 10.7. The first-order valence-corrected chi connectivity index (χ1v) is 11.2. The molecule has 1 aromatic carbocycles. The van der Waals surface area contributed by atoms with Gasteiger partial charge in [-0.2, -0.15) is 0 Å². The normalized spacial score (nSPS) is 18.9. The van der Waals surface area contributed by atoms with E-state index in [1.54, 1.807) is 11.3 Å². The van der Waals surface area contributed by atoms with Gasteiger partial charge in [0.2, 0.25) is 0 Å². The van der Waals surface area contributed by atoms with Crippen molar-refractivity contribution in [3.05, 3.63) is 72.6 Å². The number of benzene rings is 1. The molecule has 3 heterocycles. The minimum Gasteiger partial charge on any atom is -0.320 e. The fraction of sp³-hybridized carbons (Fsp3) is 0.286. The highest BCUT2D eigenvalue weighted by Gasteiger charge is 2.35. The van der Waals surface area contributed by atoms with Crippen molar-refractivity contribution >= 4 is 45.9 Å². The molecule has 4 rings (SSSR count). The van der Waals surface area contributed by atoms with Crippen LogP contribution in [0.15, 0.2) is 41.1 Å². The van der Waals surface area contributed by atoms with Gasteiger partial charge < -0.3 is 10.2 Å². The molecule has 1 unspecified atom stereocenters. The van der Waals surface area contributed by atoms with Gasteiger partial charge >= 0.3 is 0 Å². The largest absolute Gasteiger partial charge is 0.320 e. The Morgan fingerprint density at radius 1 is 1.26 bits per heavy atom. The molecule has 140 valence electrons. The van der Waals surface area contributed by atoms with Crippen LogP contribution in [0.2, 0.25) is 5.02 Å². The van der Waals surface area contributed by atoms with Gasteiger partial charge in [0.1, 0.15) is 6.04 Å². The van der Waals surface area contributed by atoms with Crippen LogP contribution in [0.25, 0.3) is 0 Å². The topological polar surface area (TPSA) is 33.5 Å². The summed E-state index contributed by atoms with van der Waals surface area (Å²) in [5, 5.41) is 7.94. The summed E-state index contributed by atoms with van der Waals surface area (Å²) in [4.78, 5) is 16.9. The average Bonchev–Trinajstić information content (AvgIpc) is 3.29. The Kier molecular flexibility index (Phi) is 5.37. The molecule has 2 N–H and O–H groups in total. The number of carbonyl (C=O) groups excluding carboxylic acids is 1. The monoisotopic (exact) mass is 417 g/mol. The molecule has 0 saturated heterocycles. The molecule has 0 fully saturated rings.